The fraction of sp³-hybridized carbons (Fsp3) is 0.647. The van der Waals surface area contributed by atoms with Crippen molar-refractivity contribution < 1.29 is 4.74 Å². The van der Waals surface area contributed by atoms with Crippen LogP contribution >= 0.6 is 0 Å². The predicted molar refractivity (Wildman–Crippen MR) is 86.4 cm³/mol. The number of methoxy groups -OCH3 is 1. The van der Waals surface area contributed by atoms with Gasteiger partial charge in [0.2, 0.25) is 0 Å². The zero-order chi connectivity index (χ0) is 15.2. The van der Waals surface area contributed by atoms with Crippen molar-refractivity contribution in [2.45, 2.75) is 45.7 Å². The van der Waals surface area contributed by atoms with Crippen molar-refractivity contribution >= 4 is 0 Å². The van der Waals surface area contributed by atoms with Gasteiger partial charge in [-0.25, -0.2) is 0 Å². The van der Waals surface area contributed by atoms with Gasteiger partial charge in [-0.05, 0) is 39.9 Å². The van der Waals surface area contributed by atoms with Gasteiger partial charge in [0.1, 0.15) is 5.75 Å². The van der Waals surface area contributed by atoms with E-state index < -0.39 is 0 Å². The Kier molecular flexibility index (Phi) is 6.50. The molecule has 0 amide bonds. The van der Waals surface area contributed by atoms with Crippen LogP contribution in [0.15, 0.2) is 24.3 Å². The van der Waals surface area contributed by atoms with Crippen LogP contribution < -0.4 is 10.1 Å². The number of rotatable bonds is 8. The van der Waals surface area contributed by atoms with Gasteiger partial charge in [-0.2, -0.15) is 0 Å². The van der Waals surface area contributed by atoms with Crippen LogP contribution in [0.25, 0.3) is 0 Å². The normalized spacial score (nSPS) is 13.6. The third kappa shape index (κ3) is 4.22. The maximum atomic E-state index is 5.51. The first-order chi connectivity index (χ1) is 9.46. The van der Waals surface area contributed by atoms with E-state index in [0.29, 0.717) is 0 Å². The minimum Gasteiger partial charge on any atom is -0.496 e. The summed E-state index contributed by atoms with van der Waals surface area (Å²) >= 11 is 0. The zero-order valence-corrected chi connectivity index (χ0v) is 13.9. The first-order valence-corrected chi connectivity index (χ1v) is 7.53. The molecule has 3 heteroatoms. The summed E-state index contributed by atoms with van der Waals surface area (Å²) in [5, 5.41) is 3.58. The number of hydrogen-bond donors (Lipinski definition) is 1. The van der Waals surface area contributed by atoms with Gasteiger partial charge in [0.25, 0.3) is 0 Å². The van der Waals surface area contributed by atoms with Crippen LogP contribution in [0.4, 0.5) is 0 Å². The predicted octanol–water partition coefficient (Wildman–Crippen LogP) is 3.47. The molecular formula is C17H30N2O. The van der Waals surface area contributed by atoms with E-state index in [0.717, 1.165) is 25.3 Å². The molecule has 0 saturated heterocycles. The van der Waals surface area contributed by atoms with Crippen LogP contribution in [0.1, 0.15) is 45.7 Å². The summed E-state index contributed by atoms with van der Waals surface area (Å²) in [5.74, 6) is 0.959. The number of likely N-dealkylation sites (N-methyl/N-ethyl adjacent to an activating group) is 2. The molecule has 0 heterocycles. The summed E-state index contributed by atoms with van der Waals surface area (Å²) < 4.78 is 5.51. The molecule has 1 aromatic rings. The highest BCUT2D eigenvalue weighted by Gasteiger charge is 2.25. The van der Waals surface area contributed by atoms with Gasteiger partial charge >= 0.3 is 0 Å². The van der Waals surface area contributed by atoms with E-state index in [1.54, 1.807) is 7.11 Å². The lowest BCUT2D eigenvalue weighted by atomic mass is 9.97. The van der Waals surface area contributed by atoms with Gasteiger partial charge < -0.3 is 10.1 Å². The molecule has 3 nitrogen and oxygen atoms in total. The largest absolute Gasteiger partial charge is 0.496 e. The van der Waals surface area contributed by atoms with Crippen LogP contribution in [-0.2, 0) is 0 Å². The van der Waals surface area contributed by atoms with Crippen LogP contribution in [0, 0.1) is 0 Å². The highest BCUT2D eigenvalue weighted by atomic mass is 16.5. The van der Waals surface area contributed by atoms with Crippen molar-refractivity contribution in [1.29, 1.82) is 0 Å². The Balaban J connectivity index is 2.94. The van der Waals surface area contributed by atoms with E-state index in [-0.39, 0.29) is 11.6 Å². The van der Waals surface area contributed by atoms with Crippen molar-refractivity contribution in [3.05, 3.63) is 29.8 Å². The van der Waals surface area contributed by atoms with Crippen molar-refractivity contribution in [2.24, 2.45) is 0 Å². The Bertz CT molecular complexity index is 404. The monoisotopic (exact) mass is 278 g/mol. The number of para-hydroxylation sites is 1. The summed E-state index contributed by atoms with van der Waals surface area (Å²) in [6.07, 6.45) is 1.13. The molecule has 1 aromatic carbocycles. The van der Waals surface area contributed by atoms with E-state index >= 15 is 0 Å². The van der Waals surface area contributed by atoms with Crippen LogP contribution in [-0.4, -0.2) is 37.7 Å². The van der Waals surface area contributed by atoms with E-state index in [1.807, 2.05) is 12.1 Å². The maximum Gasteiger partial charge on any atom is 0.123 e. The zero-order valence-electron chi connectivity index (χ0n) is 13.9. The second-order valence-electron chi connectivity index (χ2n) is 5.90. The molecule has 1 atom stereocenters. The van der Waals surface area contributed by atoms with Gasteiger partial charge in [-0.3, -0.25) is 4.90 Å². The smallest absolute Gasteiger partial charge is 0.123 e. The van der Waals surface area contributed by atoms with Crippen molar-refractivity contribution in [3.8, 4) is 5.75 Å². The number of nitrogens with one attached hydrogen (secondary N) is 1. The Hall–Kier alpha value is -1.06. The highest BCUT2D eigenvalue weighted by molar-refractivity contribution is 5.36. The Labute approximate surface area is 124 Å². The molecule has 0 radical (unpaired) electrons. The molecule has 1 N–H and O–H groups in total. The summed E-state index contributed by atoms with van der Waals surface area (Å²) in [5.41, 5.74) is 1.44. The molecule has 0 aliphatic rings. The SMILES string of the molecule is CCNC(CN(C)C(C)(C)CC)c1ccccc1OC. The molecule has 20 heavy (non-hydrogen) atoms. The Morgan fingerprint density at radius 2 is 1.90 bits per heavy atom. The molecule has 0 saturated carbocycles. The van der Waals surface area contributed by atoms with Gasteiger partial charge in [0.15, 0.2) is 0 Å². The van der Waals surface area contributed by atoms with Crippen LogP contribution in [0.3, 0.4) is 0 Å². The number of nitrogens with zero attached hydrogens (tertiary/aromatic N) is 1. The highest BCUT2D eigenvalue weighted by Crippen LogP contribution is 2.27. The van der Waals surface area contributed by atoms with Crippen LogP contribution in [0.2, 0.25) is 0 Å². The van der Waals surface area contributed by atoms with Crippen LogP contribution in [0.5, 0.6) is 5.75 Å². The molecule has 1 unspecified atom stereocenters. The van der Waals surface area contributed by atoms with E-state index in [1.165, 1.54) is 5.56 Å². The molecule has 0 aromatic heterocycles. The summed E-state index contributed by atoms with van der Waals surface area (Å²) in [6.45, 7) is 10.9. The average Bonchev–Trinajstić information content (AvgIpc) is 2.46. The average molecular weight is 278 g/mol. The van der Waals surface area contributed by atoms with Crippen molar-refractivity contribution in [3.63, 3.8) is 0 Å². The van der Waals surface area contributed by atoms with Gasteiger partial charge in [-0.15, -0.1) is 0 Å². The van der Waals surface area contributed by atoms with Gasteiger partial charge in [0, 0.05) is 23.7 Å². The second kappa shape index (κ2) is 7.65. The summed E-state index contributed by atoms with van der Waals surface area (Å²) in [4.78, 5) is 2.42. The molecule has 0 bridgehead atoms. The van der Waals surface area contributed by atoms with Gasteiger partial charge in [-0.1, -0.05) is 32.0 Å². The minimum atomic E-state index is 0.204. The number of hydrogen-bond acceptors (Lipinski definition) is 3. The first-order valence-electron chi connectivity index (χ1n) is 7.53. The standard InChI is InChI=1S/C17H30N2O/c1-7-17(3,4)19(5)13-15(18-8-2)14-11-9-10-12-16(14)20-6/h9-12,15,18H,7-8,13H2,1-6H3. The van der Waals surface area contributed by atoms with E-state index in [9.17, 15) is 0 Å². The molecule has 0 aliphatic carbocycles. The molecule has 0 aliphatic heterocycles. The Morgan fingerprint density at radius 3 is 2.45 bits per heavy atom. The first kappa shape index (κ1) is 17.0. The van der Waals surface area contributed by atoms with E-state index in [4.69, 9.17) is 4.74 Å². The molecule has 1 rings (SSSR count). The van der Waals surface area contributed by atoms with Crippen molar-refractivity contribution in [1.82, 2.24) is 10.2 Å². The fourth-order valence-electron chi connectivity index (χ4n) is 2.26. The maximum absolute atomic E-state index is 5.51. The number of ether oxygens (including phenoxy) is 1. The lowest BCUT2D eigenvalue weighted by Gasteiger charge is -2.37. The number of benzene rings is 1. The molecule has 0 spiro atoms. The summed E-state index contributed by atoms with van der Waals surface area (Å²) in [6, 6.07) is 8.56. The summed E-state index contributed by atoms with van der Waals surface area (Å²) in [7, 11) is 3.94. The van der Waals surface area contributed by atoms with Gasteiger partial charge in [0.05, 0.1) is 7.11 Å². The fourth-order valence-corrected chi connectivity index (χ4v) is 2.26. The second-order valence-corrected chi connectivity index (χ2v) is 5.90. The quantitative estimate of drug-likeness (QED) is 0.788. The van der Waals surface area contributed by atoms with Crippen molar-refractivity contribution in [2.75, 3.05) is 27.2 Å². The lowest BCUT2D eigenvalue weighted by Crippen LogP contribution is -2.45. The minimum absolute atomic E-state index is 0.204. The third-order valence-corrected chi connectivity index (χ3v) is 4.32. The molecule has 0 fully saturated rings. The lowest BCUT2D eigenvalue weighted by molar-refractivity contribution is 0.135. The topological polar surface area (TPSA) is 24.5 Å². The molecular weight excluding hydrogens is 248 g/mol. The molecule has 114 valence electrons. The Morgan fingerprint density at radius 1 is 1.25 bits per heavy atom. The third-order valence-electron chi connectivity index (χ3n) is 4.32. The van der Waals surface area contributed by atoms with E-state index in [2.05, 4.69) is 57.1 Å².